The lowest BCUT2D eigenvalue weighted by Crippen LogP contribution is -2.34. The molecule has 1 aliphatic heterocycles. The first kappa shape index (κ1) is 25.0. The minimum atomic E-state index is -0.377. The third-order valence-corrected chi connectivity index (χ3v) is 7.90. The Labute approximate surface area is 217 Å². The molecule has 192 valence electrons. The molecular formula is C30H33N3O4. The number of methoxy groups -OCH3 is 1. The van der Waals surface area contributed by atoms with E-state index < -0.39 is 0 Å². The third-order valence-electron chi connectivity index (χ3n) is 7.90. The Morgan fingerprint density at radius 2 is 1.59 bits per heavy atom. The molecule has 2 N–H and O–H groups in total. The first-order chi connectivity index (χ1) is 17.6. The summed E-state index contributed by atoms with van der Waals surface area (Å²) >= 11 is 0. The second-order valence-electron chi connectivity index (χ2n) is 11.2. The van der Waals surface area contributed by atoms with Crippen molar-refractivity contribution < 1.29 is 19.8 Å². The number of carbonyl (C=O) groups is 1. The van der Waals surface area contributed by atoms with Crippen LogP contribution in [0.4, 0.5) is 22.7 Å². The molecule has 37 heavy (non-hydrogen) atoms. The van der Waals surface area contributed by atoms with Crippen molar-refractivity contribution in [2.24, 2.45) is 4.99 Å². The molecule has 0 unspecified atom stereocenters. The zero-order chi connectivity index (χ0) is 26.5. The Morgan fingerprint density at radius 3 is 2.22 bits per heavy atom. The van der Waals surface area contributed by atoms with Crippen LogP contribution in [0.3, 0.4) is 0 Å². The van der Waals surface area contributed by atoms with Gasteiger partial charge in [-0.05, 0) is 77.3 Å². The first-order valence-corrected chi connectivity index (χ1v) is 12.5. The maximum atomic E-state index is 12.1. The third kappa shape index (κ3) is 4.28. The number of nitrogens with one attached hydrogen (secondary N) is 1. The van der Waals surface area contributed by atoms with Crippen molar-refractivity contribution in [3.8, 4) is 0 Å². The average molecular weight is 500 g/mol. The lowest BCUT2D eigenvalue weighted by molar-refractivity contribution is -0.215. The van der Waals surface area contributed by atoms with Crippen LogP contribution >= 0.6 is 0 Å². The van der Waals surface area contributed by atoms with E-state index in [1.807, 2.05) is 30.3 Å². The predicted molar refractivity (Wildman–Crippen MR) is 147 cm³/mol. The molecule has 3 aromatic carbocycles. The fourth-order valence-electron chi connectivity index (χ4n) is 5.49. The van der Waals surface area contributed by atoms with Crippen molar-refractivity contribution in [2.75, 3.05) is 24.5 Å². The van der Waals surface area contributed by atoms with Crippen LogP contribution in [-0.4, -0.2) is 31.1 Å². The number of hydrogen-bond acceptors (Lipinski definition) is 7. The van der Waals surface area contributed by atoms with E-state index >= 15 is 0 Å². The van der Waals surface area contributed by atoms with Gasteiger partial charge < -0.3 is 9.64 Å². The highest BCUT2D eigenvalue weighted by molar-refractivity contribution is 6.19. The van der Waals surface area contributed by atoms with Crippen LogP contribution in [0.25, 0.3) is 0 Å². The maximum absolute atomic E-state index is 12.1. The van der Waals surface area contributed by atoms with Crippen LogP contribution in [-0.2, 0) is 20.6 Å². The van der Waals surface area contributed by atoms with Crippen molar-refractivity contribution in [1.82, 2.24) is 0 Å². The molecule has 2 aliphatic rings. The van der Waals surface area contributed by atoms with Crippen molar-refractivity contribution in [1.29, 1.82) is 0 Å². The number of aliphatic imine (C=N–C) groups is 1. The highest BCUT2D eigenvalue weighted by Crippen LogP contribution is 2.50. The summed E-state index contributed by atoms with van der Waals surface area (Å²) in [6, 6.07) is 17.6. The molecule has 5 rings (SSSR count). The van der Waals surface area contributed by atoms with Crippen molar-refractivity contribution in [3.63, 3.8) is 0 Å². The van der Waals surface area contributed by atoms with Gasteiger partial charge in [0.25, 0.3) is 0 Å². The molecule has 1 aliphatic carbocycles. The number of hydrogen-bond donors (Lipinski definition) is 2. The van der Waals surface area contributed by atoms with Gasteiger partial charge in [-0.15, -0.1) is 4.99 Å². The second-order valence-corrected chi connectivity index (χ2v) is 11.2. The molecule has 3 aromatic rings. The van der Waals surface area contributed by atoms with Gasteiger partial charge in [-0.3, -0.25) is 0 Å². The summed E-state index contributed by atoms with van der Waals surface area (Å²) in [4.78, 5) is 23.5. The minimum absolute atomic E-state index is 0.0347. The summed E-state index contributed by atoms with van der Waals surface area (Å²) < 4.78 is 4.88. The zero-order valence-corrected chi connectivity index (χ0v) is 22.2. The predicted octanol–water partition coefficient (Wildman–Crippen LogP) is 6.89. The Morgan fingerprint density at radius 1 is 0.946 bits per heavy atom. The second kappa shape index (κ2) is 9.01. The van der Waals surface area contributed by atoms with Crippen LogP contribution in [0.1, 0.15) is 73.1 Å². The van der Waals surface area contributed by atoms with Crippen LogP contribution in [0, 0.1) is 0 Å². The molecule has 7 nitrogen and oxygen atoms in total. The van der Waals surface area contributed by atoms with Gasteiger partial charge >= 0.3 is 5.97 Å². The van der Waals surface area contributed by atoms with Crippen LogP contribution in [0.15, 0.2) is 59.6 Å². The number of ether oxygens (including phenoxy) is 1. The summed E-state index contributed by atoms with van der Waals surface area (Å²) in [5, 5.41) is 8.92. The summed E-state index contributed by atoms with van der Waals surface area (Å²) in [5.74, 6) is -0.377. The van der Waals surface area contributed by atoms with E-state index in [-0.39, 0.29) is 16.8 Å². The van der Waals surface area contributed by atoms with E-state index in [9.17, 15) is 4.79 Å². The molecule has 0 atom stereocenters. The quantitative estimate of drug-likeness (QED) is 0.231. The van der Waals surface area contributed by atoms with Gasteiger partial charge in [0, 0.05) is 18.2 Å². The van der Waals surface area contributed by atoms with E-state index in [1.54, 1.807) is 12.1 Å². The Balaban J connectivity index is 1.79. The van der Waals surface area contributed by atoms with Crippen LogP contribution in [0.2, 0.25) is 0 Å². The van der Waals surface area contributed by atoms with E-state index in [0.29, 0.717) is 11.3 Å². The number of nitrogens with zero attached hydrogens (tertiary/aromatic N) is 2. The van der Waals surface area contributed by atoms with Gasteiger partial charge in [-0.1, -0.05) is 39.8 Å². The molecule has 0 aromatic heterocycles. The largest absolute Gasteiger partial charge is 0.465 e. The number of esters is 1. The van der Waals surface area contributed by atoms with Gasteiger partial charge in [0.15, 0.2) is 0 Å². The van der Waals surface area contributed by atoms with Gasteiger partial charge in [-0.25, -0.2) is 20.5 Å². The van der Waals surface area contributed by atoms with E-state index in [0.717, 1.165) is 46.7 Å². The van der Waals surface area contributed by atoms with Crippen LogP contribution in [0.5, 0.6) is 0 Å². The smallest absolute Gasteiger partial charge is 0.337 e. The number of carbonyl (C=O) groups excluding carboxylic acids is 1. The highest BCUT2D eigenvalue weighted by Gasteiger charge is 2.39. The van der Waals surface area contributed by atoms with E-state index in [2.05, 4.69) is 62.2 Å². The maximum Gasteiger partial charge on any atom is 0.337 e. The molecular weight excluding hydrogens is 466 g/mol. The molecule has 0 saturated carbocycles. The summed E-state index contributed by atoms with van der Waals surface area (Å²) in [5.41, 5.74) is 11.8. The van der Waals surface area contributed by atoms with Crippen molar-refractivity contribution in [3.05, 3.63) is 82.4 Å². The molecule has 0 bridgehead atoms. The molecule has 7 heteroatoms. The molecule has 0 amide bonds. The van der Waals surface area contributed by atoms with E-state index in [4.69, 9.17) is 15.0 Å². The number of anilines is 3. The number of benzene rings is 3. The lowest BCUT2D eigenvalue weighted by Gasteiger charge is -2.43. The van der Waals surface area contributed by atoms with Crippen molar-refractivity contribution in [2.45, 2.75) is 51.4 Å². The highest BCUT2D eigenvalue weighted by atomic mass is 17.2. The van der Waals surface area contributed by atoms with Gasteiger partial charge in [-0.2, -0.15) is 0 Å². The standard InChI is InChI=1S/C30H33N3O4/c1-29(2)13-14-30(3,4)23-17-26-21(16-22(23)29)27(18-7-9-19(10-8-18)28(34)36-6)31-24-15-20(32-37-35)11-12-25(24)33(26)5/h7-12,15-17,32,35H,13-14H2,1-6H3. The molecule has 0 saturated heterocycles. The van der Waals surface area contributed by atoms with Gasteiger partial charge in [0.05, 0.1) is 41.1 Å². The molecule has 0 radical (unpaired) electrons. The van der Waals surface area contributed by atoms with Gasteiger partial charge in [0.2, 0.25) is 0 Å². The number of rotatable bonds is 4. The van der Waals surface area contributed by atoms with Gasteiger partial charge in [0.1, 0.15) is 0 Å². The normalized spacial score (nSPS) is 17.1. The topological polar surface area (TPSA) is 83.4 Å². The number of fused-ring (bicyclic) bond motifs is 3. The summed E-state index contributed by atoms with van der Waals surface area (Å²) in [6.45, 7) is 9.28. The monoisotopic (exact) mass is 499 g/mol. The lowest BCUT2D eigenvalue weighted by atomic mass is 9.62. The Kier molecular flexibility index (Phi) is 6.09. The summed E-state index contributed by atoms with van der Waals surface area (Å²) in [6.07, 6.45) is 2.23. The van der Waals surface area contributed by atoms with Crippen LogP contribution < -0.4 is 10.4 Å². The van der Waals surface area contributed by atoms with Crippen molar-refractivity contribution >= 4 is 34.4 Å². The fourth-order valence-corrected chi connectivity index (χ4v) is 5.49. The average Bonchev–Trinajstić information content (AvgIpc) is 3.00. The Hall–Kier alpha value is -3.68. The first-order valence-electron chi connectivity index (χ1n) is 12.5. The zero-order valence-electron chi connectivity index (χ0n) is 22.2. The molecule has 0 fully saturated rings. The molecule has 1 heterocycles. The fraction of sp³-hybridized carbons (Fsp3) is 0.333. The molecule has 0 spiro atoms. The minimum Gasteiger partial charge on any atom is -0.465 e. The van der Waals surface area contributed by atoms with E-state index in [1.165, 1.54) is 18.2 Å². The Bertz CT molecular complexity index is 1410. The SMILES string of the molecule is COC(=O)c1ccc(C2=Nc3cc(NOO)ccc3N(C)c3cc4c(cc32)C(C)(C)CCC4(C)C)cc1. The summed E-state index contributed by atoms with van der Waals surface area (Å²) in [7, 11) is 3.43.